The summed E-state index contributed by atoms with van der Waals surface area (Å²) in [6.07, 6.45) is 0. The molecule has 6 nitrogen and oxygen atoms in total. The Morgan fingerprint density at radius 2 is 1.86 bits per heavy atom. The number of aromatic nitrogens is 2. The Bertz CT molecular complexity index is 1020. The summed E-state index contributed by atoms with van der Waals surface area (Å²) in [5, 5.41) is 17.6. The van der Waals surface area contributed by atoms with Crippen molar-refractivity contribution in [2.24, 2.45) is 0 Å². The summed E-state index contributed by atoms with van der Waals surface area (Å²) < 4.78 is 7.34. The van der Waals surface area contributed by atoms with Crippen molar-refractivity contribution < 1.29 is 14.6 Å². The number of anilines is 2. The lowest BCUT2D eigenvalue weighted by Gasteiger charge is -2.16. The molecular weight excluding hydrogens is 354 g/mol. The zero-order valence-electron chi connectivity index (χ0n) is 16.8. The maximum atomic E-state index is 11.6. The Kier molecular flexibility index (Phi) is 5.14. The monoisotopic (exact) mass is 379 g/mol. The van der Waals surface area contributed by atoms with Crippen molar-refractivity contribution in [2.45, 2.75) is 33.1 Å². The van der Waals surface area contributed by atoms with E-state index in [2.05, 4.69) is 26.1 Å². The highest BCUT2D eigenvalue weighted by molar-refractivity contribution is 5.95. The first kappa shape index (κ1) is 19.5. The van der Waals surface area contributed by atoms with Gasteiger partial charge >= 0.3 is 5.97 Å². The lowest BCUT2D eigenvalue weighted by atomic mass is 9.92. The Balaban J connectivity index is 2.20. The van der Waals surface area contributed by atoms with E-state index >= 15 is 0 Å². The summed E-state index contributed by atoms with van der Waals surface area (Å²) in [5.74, 6) is 0.378. The third-order valence-electron chi connectivity index (χ3n) is 4.53. The van der Waals surface area contributed by atoms with Gasteiger partial charge in [-0.3, -0.25) is 0 Å². The van der Waals surface area contributed by atoms with Gasteiger partial charge in [0.1, 0.15) is 17.3 Å². The summed E-state index contributed by atoms with van der Waals surface area (Å²) in [7, 11) is 1.62. The topological polar surface area (TPSA) is 76.4 Å². The maximum Gasteiger partial charge on any atom is 0.337 e. The molecule has 0 bridgehead atoms. The van der Waals surface area contributed by atoms with E-state index in [1.54, 1.807) is 36.1 Å². The van der Waals surface area contributed by atoms with E-state index in [-0.39, 0.29) is 11.0 Å². The van der Waals surface area contributed by atoms with Crippen LogP contribution in [-0.4, -0.2) is 28.0 Å². The molecule has 146 valence electrons. The van der Waals surface area contributed by atoms with Crippen LogP contribution >= 0.6 is 0 Å². The number of hydrogen-bond donors (Lipinski definition) is 2. The van der Waals surface area contributed by atoms with Gasteiger partial charge in [0.25, 0.3) is 0 Å². The van der Waals surface area contributed by atoms with Crippen LogP contribution in [-0.2, 0) is 5.41 Å². The molecule has 0 saturated heterocycles. The van der Waals surface area contributed by atoms with Gasteiger partial charge in [0, 0.05) is 11.5 Å². The summed E-state index contributed by atoms with van der Waals surface area (Å²) in [6.45, 7) is 8.25. The second-order valence-electron chi connectivity index (χ2n) is 7.68. The predicted octanol–water partition coefficient (Wildman–Crippen LogP) is 4.93. The first-order valence-corrected chi connectivity index (χ1v) is 9.06. The Morgan fingerprint density at radius 1 is 1.14 bits per heavy atom. The van der Waals surface area contributed by atoms with E-state index in [0.29, 0.717) is 17.3 Å². The molecule has 2 N–H and O–H groups in total. The molecule has 0 spiro atoms. The van der Waals surface area contributed by atoms with Gasteiger partial charge in [-0.2, -0.15) is 5.10 Å². The van der Waals surface area contributed by atoms with Crippen LogP contribution in [0.1, 0.15) is 42.4 Å². The van der Waals surface area contributed by atoms with Gasteiger partial charge < -0.3 is 15.2 Å². The highest BCUT2D eigenvalue weighted by atomic mass is 16.5. The molecule has 0 amide bonds. The quantitative estimate of drug-likeness (QED) is 0.657. The van der Waals surface area contributed by atoms with Crippen LogP contribution in [0.5, 0.6) is 5.75 Å². The van der Waals surface area contributed by atoms with Crippen LogP contribution in [0.2, 0.25) is 0 Å². The van der Waals surface area contributed by atoms with Crippen molar-refractivity contribution in [3.63, 3.8) is 0 Å². The molecule has 6 heteroatoms. The molecule has 0 radical (unpaired) electrons. The van der Waals surface area contributed by atoms with Crippen molar-refractivity contribution in [1.82, 2.24) is 9.78 Å². The lowest BCUT2D eigenvalue weighted by molar-refractivity contribution is 0.0698. The molecule has 28 heavy (non-hydrogen) atoms. The second kappa shape index (κ2) is 7.38. The van der Waals surface area contributed by atoms with Crippen LogP contribution in [0.3, 0.4) is 0 Å². The zero-order valence-corrected chi connectivity index (χ0v) is 16.8. The highest BCUT2D eigenvalue weighted by Gasteiger charge is 2.23. The van der Waals surface area contributed by atoms with Crippen molar-refractivity contribution in [2.75, 3.05) is 12.4 Å². The third-order valence-corrected chi connectivity index (χ3v) is 4.53. The molecule has 0 fully saturated rings. The van der Waals surface area contributed by atoms with E-state index in [9.17, 15) is 9.90 Å². The number of carboxylic acids is 1. The molecule has 0 aliphatic heterocycles. The zero-order chi connectivity index (χ0) is 20.5. The Morgan fingerprint density at radius 3 is 2.50 bits per heavy atom. The number of aryl methyl sites for hydroxylation is 1. The van der Waals surface area contributed by atoms with E-state index in [1.807, 2.05) is 31.2 Å². The number of carboxylic acid groups (broad SMARTS) is 1. The molecule has 0 atom stereocenters. The van der Waals surface area contributed by atoms with Crippen molar-refractivity contribution in [1.29, 1.82) is 0 Å². The van der Waals surface area contributed by atoms with Gasteiger partial charge in [-0.15, -0.1) is 0 Å². The third kappa shape index (κ3) is 3.71. The van der Waals surface area contributed by atoms with Crippen molar-refractivity contribution in [3.05, 3.63) is 65.4 Å². The molecule has 0 aliphatic rings. The van der Waals surface area contributed by atoms with Gasteiger partial charge in [0.15, 0.2) is 0 Å². The lowest BCUT2D eigenvalue weighted by Crippen LogP contribution is -2.13. The first-order chi connectivity index (χ1) is 13.2. The molecule has 1 aromatic heterocycles. The molecule has 0 saturated carbocycles. The number of benzene rings is 2. The number of para-hydroxylation sites is 2. The van der Waals surface area contributed by atoms with Crippen LogP contribution in [0, 0.1) is 6.92 Å². The normalized spacial score (nSPS) is 11.3. The van der Waals surface area contributed by atoms with Crippen LogP contribution < -0.4 is 10.1 Å². The van der Waals surface area contributed by atoms with Crippen LogP contribution in [0.25, 0.3) is 5.69 Å². The van der Waals surface area contributed by atoms with Gasteiger partial charge in [-0.25, -0.2) is 9.48 Å². The molecule has 0 unspecified atom stereocenters. The van der Waals surface area contributed by atoms with Gasteiger partial charge in [-0.05, 0) is 30.7 Å². The number of nitrogens with one attached hydrogen (secondary N) is 1. The molecule has 3 rings (SSSR count). The summed E-state index contributed by atoms with van der Waals surface area (Å²) in [4.78, 5) is 11.6. The van der Waals surface area contributed by atoms with Gasteiger partial charge in [0.2, 0.25) is 0 Å². The fraction of sp³-hybridized carbons (Fsp3) is 0.273. The molecule has 0 aliphatic carbocycles. The minimum atomic E-state index is -0.987. The number of nitrogens with zero attached hydrogens (tertiary/aromatic N) is 2. The minimum absolute atomic E-state index is 0.177. The molecule has 1 heterocycles. The number of carbonyl (C=O) groups is 1. The second-order valence-corrected chi connectivity index (χ2v) is 7.68. The van der Waals surface area contributed by atoms with Crippen LogP contribution in [0.4, 0.5) is 11.5 Å². The fourth-order valence-corrected chi connectivity index (χ4v) is 2.99. The number of methoxy groups -OCH3 is 1. The van der Waals surface area contributed by atoms with E-state index < -0.39 is 5.97 Å². The van der Waals surface area contributed by atoms with Crippen molar-refractivity contribution in [3.8, 4) is 11.4 Å². The Hall–Kier alpha value is -3.28. The number of aromatic carboxylic acids is 1. The smallest absolute Gasteiger partial charge is 0.337 e. The SMILES string of the molecule is COc1cccc(C)c1-n1nc(C(C)(C)C)cc1Nc1ccccc1C(=O)O. The largest absolute Gasteiger partial charge is 0.494 e. The summed E-state index contributed by atoms with van der Waals surface area (Å²) >= 11 is 0. The standard InChI is InChI=1S/C22H25N3O3/c1-14-9-8-12-17(28-5)20(14)25-19(13-18(24-25)22(2,3)4)23-16-11-7-6-10-15(16)21(26)27/h6-13,23H,1-5H3,(H,26,27). The predicted molar refractivity (Wildman–Crippen MR) is 110 cm³/mol. The van der Waals surface area contributed by atoms with Crippen molar-refractivity contribution >= 4 is 17.5 Å². The van der Waals surface area contributed by atoms with Gasteiger partial charge in [0.05, 0.1) is 24.1 Å². The maximum absolute atomic E-state index is 11.6. The number of rotatable bonds is 5. The highest BCUT2D eigenvalue weighted by Crippen LogP contribution is 2.33. The number of ether oxygens (including phenoxy) is 1. The fourth-order valence-electron chi connectivity index (χ4n) is 2.99. The summed E-state index contributed by atoms with van der Waals surface area (Å²) in [5.41, 5.74) is 3.22. The average molecular weight is 379 g/mol. The van der Waals surface area contributed by atoms with Gasteiger partial charge in [-0.1, -0.05) is 45.0 Å². The first-order valence-electron chi connectivity index (χ1n) is 9.06. The summed E-state index contributed by atoms with van der Waals surface area (Å²) in [6, 6.07) is 14.6. The van der Waals surface area contributed by atoms with E-state index in [4.69, 9.17) is 9.84 Å². The molecular formula is C22H25N3O3. The average Bonchev–Trinajstić information content (AvgIpc) is 3.05. The minimum Gasteiger partial charge on any atom is -0.494 e. The Labute approximate surface area is 164 Å². The molecule has 2 aromatic carbocycles. The number of hydrogen-bond acceptors (Lipinski definition) is 4. The van der Waals surface area contributed by atoms with E-state index in [0.717, 1.165) is 16.9 Å². The van der Waals surface area contributed by atoms with E-state index in [1.165, 1.54) is 0 Å². The van der Waals surface area contributed by atoms with Crippen LogP contribution in [0.15, 0.2) is 48.5 Å². The molecule has 3 aromatic rings.